The zero-order chi connectivity index (χ0) is 23.2. The summed E-state index contributed by atoms with van der Waals surface area (Å²) in [6, 6.07) is -2.13. The minimum absolute atomic E-state index is 0.159. The number of likely N-dealkylation sites (tertiary alicyclic amines) is 1. The maximum atomic E-state index is 12.9. The molecule has 0 aromatic rings. The molecular formula is C20H35N3O7. The highest BCUT2D eigenvalue weighted by atomic mass is 16.6. The van der Waals surface area contributed by atoms with Crippen LogP contribution in [0.1, 0.15) is 54.4 Å². The van der Waals surface area contributed by atoms with Gasteiger partial charge in [-0.2, -0.15) is 0 Å². The Bertz CT molecular complexity index is 635. The van der Waals surface area contributed by atoms with Crippen molar-refractivity contribution in [2.75, 3.05) is 13.1 Å². The highest BCUT2D eigenvalue weighted by Crippen LogP contribution is 2.20. The molecule has 172 valence electrons. The van der Waals surface area contributed by atoms with Crippen molar-refractivity contribution in [2.45, 2.75) is 78.2 Å². The van der Waals surface area contributed by atoms with Crippen LogP contribution < -0.4 is 10.6 Å². The monoisotopic (exact) mass is 429 g/mol. The molecule has 10 nitrogen and oxygen atoms in total. The second kappa shape index (κ2) is 10.6. The van der Waals surface area contributed by atoms with E-state index in [0.29, 0.717) is 25.9 Å². The van der Waals surface area contributed by atoms with E-state index >= 15 is 0 Å². The highest BCUT2D eigenvalue weighted by molar-refractivity contribution is 5.87. The number of ether oxygens (including phenoxy) is 1. The number of aliphatic carboxylic acids is 1. The van der Waals surface area contributed by atoms with E-state index in [1.807, 2.05) is 13.8 Å². The summed E-state index contributed by atoms with van der Waals surface area (Å²) in [6.07, 6.45) is -1.16. The van der Waals surface area contributed by atoms with Crippen LogP contribution in [-0.4, -0.2) is 75.9 Å². The van der Waals surface area contributed by atoms with Gasteiger partial charge < -0.3 is 30.5 Å². The smallest absolute Gasteiger partial charge is 0.408 e. The fraction of sp³-hybridized carbons (Fsp3) is 0.800. The third-order valence-corrected chi connectivity index (χ3v) is 4.83. The molecular weight excluding hydrogens is 394 g/mol. The Morgan fingerprint density at radius 3 is 1.93 bits per heavy atom. The van der Waals surface area contributed by atoms with Crippen LogP contribution in [0.4, 0.5) is 4.79 Å². The Morgan fingerprint density at radius 2 is 1.53 bits per heavy atom. The van der Waals surface area contributed by atoms with Gasteiger partial charge >= 0.3 is 12.1 Å². The van der Waals surface area contributed by atoms with Crippen LogP contribution in [0, 0.1) is 11.8 Å². The molecule has 0 bridgehead atoms. The van der Waals surface area contributed by atoms with Crippen molar-refractivity contribution in [3.63, 3.8) is 0 Å². The standard InChI is InChI=1S/C20H35N3O7/c1-11(2)14(22-19(29)30-20(4,5)6)17(26)23-9-7-13(8-10-23)16(25)21-15(12(3)24)18(27)28/h11-15,24H,7-10H2,1-6H3,(H,21,25)(H,22,29)(H,27,28)/t12?,14-,15-/m0/s1. The summed E-state index contributed by atoms with van der Waals surface area (Å²) in [4.78, 5) is 50.1. The van der Waals surface area contributed by atoms with Gasteiger partial charge in [-0.3, -0.25) is 9.59 Å². The lowest BCUT2D eigenvalue weighted by atomic mass is 9.93. The SMILES string of the molecule is CC(C)[C@H](NC(=O)OC(C)(C)C)C(=O)N1CCC(C(=O)N[C@H](C(=O)O)C(C)O)CC1. The van der Waals surface area contributed by atoms with E-state index < -0.39 is 47.7 Å². The molecule has 0 saturated carbocycles. The first kappa shape index (κ1) is 25.7. The summed E-state index contributed by atoms with van der Waals surface area (Å²) in [5.41, 5.74) is -0.680. The van der Waals surface area contributed by atoms with Gasteiger partial charge in [0.25, 0.3) is 0 Å². The third kappa shape index (κ3) is 7.81. The summed E-state index contributed by atoms with van der Waals surface area (Å²) in [5.74, 6) is -2.62. The molecule has 0 aliphatic carbocycles. The topological polar surface area (TPSA) is 145 Å². The first-order valence-corrected chi connectivity index (χ1v) is 10.2. The van der Waals surface area contributed by atoms with E-state index in [1.165, 1.54) is 6.92 Å². The molecule has 30 heavy (non-hydrogen) atoms. The van der Waals surface area contributed by atoms with Crippen molar-refractivity contribution in [2.24, 2.45) is 11.8 Å². The van der Waals surface area contributed by atoms with Crippen LogP contribution in [0.25, 0.3) is 0 Å². The van der Waals surface area contributed by atoms with E-state index in [9.17, 15) is 24.3 Å². The second-order valence-electron chi connectivity index (χ2n) is 9.03. The largest absolute Gasteiger partial charge is 0.480 e. The molecule has 1 heterocycles. The van der Waals surface area contributed by atoms with E-state index in [0.717, 1.165) is 0 Å². The fourth-order valence-corrected chi connectivity index (χ4v) is 3.17. The quantitative estimate of drug-likeness (QED) is 0.467. The van der Waals surface area contributed by atoms with Gasteiger partial charge in [-0.05, 0) is 46.5 Å². The Kier molecular flexibility index (Phi) is 9.08. The number of hydrogen-bond acceptors (Lipinski definition) is 6. The zero-order valence-electron chi connectivity index (χ0n) is 18.6. The number of alkyl carbamates (subject to hydrolysis) is 1. The lowest BCUT2D eigenvalue weighted by Gasteiger charge is -2.35. The predicted octanol–water partition coefficient (Wildman–Crippen LogP) is 0.725. The molecule has 3 atom stereocenters. The molecule has 1 aliphatic heterocycles. The highest BCUT2D eigenvalue weighted by Gasteiger charge is 2.35. The summed E-state index contributed by atoms with van der Waals surface area (Å²) in [6.45, 7) is 10.8. The number of carbonyl (C=O) groups is 4. The normalized spacial score (nSPS) is 18.3. The summed E-state index contributed by atoms with van der Waals surface area (Å²) in [7, 11) is 0. The molecule has 1 aliphatic rings. The molecule has 4 N–H and O–H groups in total. The molecule has 3 amide bonds. The number of rotatable bonds is 7. The maximum absolute atomic E-state index is 12.9. The van der Waals surface area contributed by atoms with Crippen molar-refractivity contribution < 1.29 is 34.1 Å². The summed E-state index contributed by atoms with van der Waals surface area (Å²) < 4.78 is 5.24. The summed E-state index contributed by atoms with van der Waals surface area (Å²) in [5, 5.41) is 23.6. The summed E-state index contributed by atoms with van der Waals surface area (Å²) >= 11 is 0. The van der Waals surface area contributed by atoms with Crippen molar-refractivity contribution in [1.29, 1.82) is 0 Å². The number of carboxylic acids is 1. The van der Waals surface area contributed by atoms with E-state index in [2.05, 4.69) is 10.6 Å². The minimum Gasteiger partial charge on any atom is -0.480 e. The Morgan fingerprint density at radius 1 is 1.00 bits per heavy atom. The molecule has 1 unspecified atom stereocenters. The van der Waals surface area contributed by atoms with Crippen LogP contribution in [0.3, 0.4) is 0 Å². The van der Waals surface area contributed by atoms with Gasteiger partial charge in [0.15, 0.2) is 6.04 Å². The molecule has 1 rings (SSSR count). The fourth-order valence-electron chi connectivity index (χ4n) is 3.17. The van der Waals surface area contributed by atoms with E-state index in [-0.39, 0.29) is 11.8 Å². The average Bonchev–Trinajstić information content (AvgIpc) is 2.61. The van der Waals surface area contributed by atoms with Crippen LogP contribution in [-0.2, 0) is 19.1 Å². The van der Waals surface area contributed by atoms with Gasteiger partial charge in [-0.1, -0.05) is 13.8 Å². The first-order chi connectivity index (χ1) is 13.7. The van der Waals surface area contributed by atoms with E-state index in [1.54, 1.807) is 25.7 Å². The van der Waals surface area contributed by atoms with Crippen LogP contribution in [0.15, 0.2) is 0 Å². The van der Waals surface area contributed by atoms with Crippen LogP contribution in [0.2, 0.25) is 0 Å². The van der Waals surface area contributed by atoms with Gasteiger partial charge in [0.1, 0.15) is 11.6 Å². The number of aliphatic hydroxyl groups is 1. The number of nitrogens with one attached hydrogen (secondary N) is 2. The average molecular weight is 430 g/mol. The molecule has 0 radical (unpaired) electrons. The van der Waals surface area contributed by atoms with Gasteiger partial charge in [-0.15, -0.1) is 0 Å². The molecule has 0 aromatic heterocycles. The van der Waals surface area contributed by atoms with Crippen molar-refractivity contribution >= 4 is 23.9 Å². The number of carboxylic acid groups (broad SMARTS) is 1. The predicted molar refractivity (Wildman–Crippen MR) is 109 cm³/mol. The minimum atomic E-state index is -1.37. The number of carbonyl (C=O) groups excluding carboxylic acids is 3. The number of amides is 3. The molecule has 0 aromatic carbocycles. The Hall–Kier alpha value is -2.36. The molecule has 1 fully saturated rings. The lowest BCUT2D eigenvalue weighted by Crippen LogP contribution is -2.55. The van der Waals surface area contributed by atoms with Crippen molar-refractivity contribution in [3.05, 3.63) is 0 Å². The molecule has 1 saturated heterocycles. The van der Waals surface area contributed by atoms with Gasteiger partial charge in [0.2, 0.25) is 11.8 Å². The first-order valence-electron chi connectivity index (χ1n) is 10.2. The zero-order valence-corrected chi connectivity index (χ0v) is 18.6. The Labute approximate surface area is 177 Å². The number of piperidine rings is 1. The third-order valence-electron chi connectivity index (χ3n) is 4.83. The van der Waals surface area contributed by atoms with Gasteiger partial charge in [0, 0.05) is 19.0 Å². The molecule has 0 spiro atoms. The van der Waals surface area contributed by atoms with Crippen molar-refractivity contribution in [1.82, 2.24) is 15.5 Å². The van der Waals surface area contributed by atoms with Crippen LogP contribution in [0.5, 0.6) is 0 Å². The van der Waals surface area contributed by atoms with E-state index in [4.69, 9.17) is 9.84 Å². The van der Waals surface area contributed by atoms with Gasteiger partial charge in [-0.25, -0.2) is 9.59 Å². The maximum Gasteiger partial charge on any atom is 0.408 e. The van der Waals surface area contributed by atoms with Gasteiger partial charge in [0.05, 0.1) is 6.10 Å². The number of hydrogen-bond donors (Lipinski definition) is 4. The molecule has 10 heteroatoms. The number of nitrogens with zero attached hydrogens (tertiary/aromatic N) is 1. The second-order valence-corrected chi connectivity index (χ2v) is 9.03. The lowest BCUT2D eigenvalue weighted by molar-refractivity contribution is -0.146. The Balaban J connectivity index is 2.67. The van der Waals surface area contributed by atoms with Crippen LogP contribution >= 0.6 is 0 Å². The number of aliphatic hydroxyl groups excluding tert-OH is 1. The van der Waals surface area contributed by atoms with Crippen molar-refractivity contribution in [3.8, 4) is 0 Å².